The van der Waals surface area contributed by atoms with E-state index in [9.17, 15) is 4.79 Å². The molecule has 0 aliphatic carbocycles. The van der Waals surface area contributed by atoms with E-state index in [0.29, 0.717) is 0 Å². The highest BCUT2D eigenvalue weighted by Crippen LogP contribution is 2.10. The SMILES string of the molecule is CCc1cc(-n2ccnc2)c(C)[nH]c1=O. The summed E-state index contributed by atoms with van der Waals surface area (Å²) < 4.78 is 1.89. The van der Waals surface area contributed by atoms with E-state index < -0.39 is 0 Å². The zero-order chi connectivity index (χ0) is 10.8. The number of hydrogen-bond acceptors (Lipinski definition) is 2. The zero-order valence-corrected chi connectivity index (χ0v) is 8.82. The lowest BCUT2D eigenvalue weighted by atomic mass is 10.2. The molecule has 4 heteroatoms. The van der Waals surface area contributed by atoms with Gasteiger partial charge in [0.15, 0.2) is 0 Å². The van der Waals surface area contributed by atoms with Gasteiger partial charge in [-0.15, -0.1) is 0 Å². The van der Waals surface area contributed by atoms with Crippen LogP contribution < -0.4 is 5.56 Å². The Bertz CT molecular complexity index is 511. The molecular formula is C11H13N3O. The topological polar surface area (TPSA) is 50.7 Å². The van der Waals surface area contributed by atoms with Crippen molar-refractivity contribution in [3.63, 3.8) is 0 Å². The molecule has 4 nitrogen and oxygen atoms in total. The maximum Gasteiger partial charge on any atom is 0.251 e. The van der Waals surface area contributed by atoms with Crippen molar-refractivity contribution in [1.29, 1.82) is 0 Å². The van der Waals surface area contributed by atoms with Gasteiger partial charge in [0.25, 0.3) is 5.56 Å². The molecule has 2 rings (SSSR count). The predicted molar refractivity (Wildman–Crippen MR) is 58.3 cm³/mol. The Morgan fingerprint density at radius 2 is 2.33 bits per heavy atom. The van der Waals surface area contributed by atoms with E-state index in [1.165, 1.54) is 0 Å². The molecule has 78 valence electrons. The summed E-state index contributed by atoms with van der Waals surface area (Å²) >= 11 is 0. The van der Waals surface area contributed by atoms with E-state index in [1.54, 1.807) is 12.5 Å². The van der Waals surface area contributed by atoms with Gasteiger partial charge in [0.1, 0.15) is 0 Å². The van der Waals surface area contributed by atoms with Crippen LogP contribution in [0.3, 0.4) is 0 Å². The monoisotopic (exact) mass is 203 g/mol. The Morgan fingerprint density at radius 3 is 2.93 bits per heavy atom. The zero-order valence-electron chi connectivity index (χ0n) is 8.82. The normalized spacial score (nSPS) is 10.5. The van der Waals surface area contributed by atoms with Crippen molar-refractivity contribution in [3.05, 3.63) is 46.4 Å². The lowest BCUT2D eigenvalue weighted by Crippen LogP contribution is -2.15. The van der Waals surface area contributed by atoms with Gasteiger partial charge in [-0.25, -0.2) is 4.98 Å². The Hall–Kier alpha value is -1.84. The summed E-state index contributed by atoms with van der Waals surface area (Å²) in [5.74, 6) is 0. The molecule has 0 saturated heterocycles. The number of rotatable bonds is 2. The van der Waals surface area contributed by atoms with Gasteiger partial charge in [0.05, 0.1) is 12.0 Å². The number of aryl methyl sites for hydroxylation is 2. The van der Waals surface area contributed by atoms with E-state index >= 15 is 0 Å². The van der Waals surface area contributed by atoms with Gasteiger partial charge < -0.3 is 9.55 Å². The van der Waals surface area contributed by atoms with Crippen molar-refractivity contribution < 1.29 is 0 Å². The van der Waals surface area contributed by atoms with Crippen molar-refractivity contribution in [2.75, 3.05) is 0 Å². The Balaban J connectivity index is 2.62. The van der Waals surface area contributed by atoms with Crippen LogP contribution in [0.2, 0.25) is 0 Å². The molecule has 0 aromatic carbocycles. The number of aromatic amines is 1. The molecule has 1 N–H and O–H groups in total. The van der Waals surface area contributed by atoms with Crippen molar-refractivity contribution in [2.24, 2.45) is 0 Å². The lowest BCUT2D eigenvalue weighted by molar-refractivity contribution is 0.960. The lowest BCUT2D eigenvalue weighted by Gasteiger charge is -2.07. The fourth-order valence-corrected chi connectivity index (χ4v) is 1.59. The highest BCUT2D eigenvalue weighted by molar-refractivity contribution is 5.38. The quantitative estimate of drug-likeness (QED) is 0.802. The third kappa shape index (κ3) is 1.70. The van der Waals surface area contributed by atoms with Gasteiger partial charge in [0.2, 0.25) is 0 Å². The first-order valence-electron chi connectivity index (χ1n) is 4.93. The molecule has 0 unspecified atom stereocenters. The van der Waals surface area contributed by atoms with Gasteiger partial charge in [-0.3, -0.25) is 4.79 Å². The minimum Gasteiger partial charge on any atom is -0.324 e. The Morgan fingerprint density at radius 1 is 1.53 bits per heavy atom. The molecule has 2 heterocycles. The number of aromatic nitrogens is 3. The van der Waals surface area contributed by atoms with Crippen LogP contribution in [-0.2, 0) is 6.42 Å². The van der Waals surface area contributed by atoms with E-state index in [1.807, 2.05) is 30.7 Å². The van der Waals surface area contributed by atoms with Gasteiger partial charge >= 0.3 is 0 Å². The van der Waals surface area contributed by atoms with Crippen molar-refractivity contribution >= 4 is 0 Å². The maximum absolute atomic E-state index is 11.5. The number of hydrogen-bond donors (Lipinski definition) is 1. The number of imidazole rings is 1. The van der Waals surface area contributed by atoms with Crippen molar-refractivity contribution in [2.45, 2.75) is 20.3 Å². The summed E-state index contributed by atoms with van der Waals surface area (Å²) in [5.41, 5.74) is 2.63. The van der Waals surface area contributed by atoms with Crippen LogP contribution in [0, 0.1) is 6.92 Å². The molecule has 0 fully saturated rings. The Labute approximate surface area is 87.6 Å². The molecule has 0 bridgehead atoms. The van der Waals surface area contributed by atoms with Crippen molar-refractivity contribution in [3.8, 4) is 5.69 Å². The van der Waals surface area contributed by atoms with Crippen LogP contribution in [0.1, 0.15) is 18.2 Å². The predicted octanol–water partition coefficient (Wildman–Crippen LogP) is 1.43. The summed E-state index contributed by atoms with van der Waals surface area (Å²) in [5, 5.41) is 0. The number of pyridine rings is 1. The van der Waals surface area contributed by atoms with Crippen LogP contribution in [0.4, 0.5) is 0 Å². The Kier molecular flexibility index (Phi) is 2.41. The minimum absolute atomic E-state index is 0.00105. The first-order valence-corrected chi connectivity index (χ1v) is 4.93. The van der Waals surface area contributed by atoms with Crippen LogP contribution in [0.15, 0.2) is 29.6 Å². The van der Waals surface area contributed by atoms with E-state index in [4.69, 9.17) is 0 Å². The first-order chi connectivity index (χ1) is 7.22. The largest absolute Gasteiger partial charge is 0.324 e. The molecule has 0 saturated carbocycles. The average Bonchev–Trinajstić information content (AvgIpc) is 2.71. The fourth-order valence-electron chi connectivity index (χ4n) is 1.59. The highest BCUT2D eigenvalue weighted by Gasteiger charge is 2.05. The van der Waals surface area contributed by atoms with Crippen LogP contribution in [0.5, 0.6) is 0 Å². The van der Waals surface area contributed by atoms with Gasteiger partial charge in [0, 0.05) is 23.7 Å². The molecule has 0 aliphatic rings. The highest BCUT2D eigenvalue weighted by atomic mass is 16.1. The smallest absolute Gasteiger partial charge is 0.251 e. The second-order valence-electron chi connectivity index (χ2n) is 3.46. The molecule has 2 aromatic rings. The second-order valence-corrected chi connectivity index (χ2v) is 3.46. The molecular weight excluding hydrogens is 190 g/mol. The van der Waals surface area contributed by atoms with Crippen molar-refractivity contribution in [1.82, 2.24) is 14.5 Å². The van der Waals surface area contributed by atoms with Gasteiger partial charge in [-0.2, -0.15) is 0 Å². The van der Waals surface area contributed by atoms with E-state index in [-0.39, 0.29) is 5.56 Å². The molecule has 0 spiro atoms. The maximum atomic E-state index is 11.5. The molecule has 0 radical (unpaired) electrons. The third-order valence-electron chi connectivity index (χ3n) is 2.45. The van der Waals surface area contributed by atoms with Crippen LogP contribution in [0.25, 0.3) is 5.69 Å². The van der Waals surface area contributed by atoms with E-state index in [0.717, 1.165) is 23.4 Å². The molecule has 2 aromatic heterocycles. The number of nitrogens with one attached hydrogen (secondary N) is 1. The van der Waals surface area contributed by atoms with Crippen LogP contribution >= 0.6 is 0 Å². The third-order valence-corrected chi connectivity index (χ3v) is 2.45. The number of nitrogens with zero attached hydrogens (tertiary/aromatic N) is 2. The molecule has 15 heavy (non-hydrogen) atoms. The summed E-state index contributed by atoms with van der Waals surface area (Å²) in [6, 6.07) is 1.91. The average molecular weight is 203 g/mol. The minimum atomic E-state index is -0.00105. The summed E-state index contributed by atoms with van der Waals surface area (Å²) in [4.78, 5) is 18.3. The number of H-pyrrole nitrogens is 1. The summed E-state index contributed by atoms with van der Waals surface area (Å²) in [6.45, 7) is 3.85. The van der Waals surface area contributed by atoms with Gasteiger partial charge in [-0.1, -0.05) is 6.92 Å². The van der Waals surface area contributed by atoms with E-state index in [2.05, 4.69) is 9.97 Å². The van der Waals surface area contributed by atoms with Gasteiger partial charge in [-0.05, 0) is 19.4 Å². The standard InChI is InChI=1S/C11H13N3O/c1-3-9-6-10(8(2)13-11(9)15)14-5-4-12-7-14/h4-7H,3H2,1-2H3,(H,13,15). The second kappa shape index (κ2) is 3.73. The first kappa shape index (κ1) is 9.71. The molecule has 0 amide bonds. The summed E-state index contributed by atoms with van der Waals surface area (Å²) in [6.07, 6.45) is 6.04. The summed E-state index contributed by atoms with van der Waals surface area (Å²) in [7, 11) is 0. The van der Waals surface area contributed by atoms with Crippen LogP contribution in [-0.4, -0.2) is 14.5 Å². The fraction of sp³-hybridized carbons (Fsp3) is 0.273. The molecule has 0 atom stereocenters. The molecule has 0 aliphatic heterocycles.